The lowest BCUT2D eigenvalue weighted by atomic mass is 10.3. The van der Waals surface area contributed by atoms with Crippen molar-refractivity contribution >= 4 is 15.9 Å². The quantitative estimate of drug-likeness (QED) is 0.881. The van der Waals surface area contributed by atoms with Gasteiger partial charge in [0, 0.05) is 12.6 Å². The molecule has 0 aliphatic carbocycles. The fourth-order valence-electron chi connectivity index (χ4n) is 1.48. The van der Waals surface area contributed by atoms with Gasteiger partial charge in [0.15, 0.2) is 0 Å². The van der Waals surface area contributed by atoms with E-state index in [0.29, 0.717) is 5.75 Å². The summed E-state index contributed by atoms with van der Waals surface area (Å²) in [6.07, 6.45) is 1.14. The molecule has 1 aliphatic heterocycles. The average molecular weight is 260 g/mol. The lowest BCUT2D eigenvalue weighted by molar-refractivity contribution is 0.220. The van der Waals surface area contributed by atoms with Gasteiger partial charge in [0.1, 0.15) is 17.7 Å². The molecule has 14 heavy (non-hydrogen) atoms. The second-order valence-electron chi connectivity index (χ2n) is 3.31. The van der Waals surface area contributed by atoms with Crippen LogP contribution in [0.2, 0.25) is 0 Å². The van der Waals surface area contributed by atoms with Crippen LogP contribution in [0.4, 0.5) is 4.39 Å². The Kier molecular flexibility index (Phi) is 3.03. The molecule has 1 atom stereocenters. The number of benzene rings is 1. The van der Waals surface area contributed by atoms with E-state index in [9.17, 15) is 4.39 Å². The summed E-state index contributed by atoms with van der Waals surface area (Å²) >= 11 is 3.33. The van der Waals surface area contributed by atoms with Crippen LogP contribution in [-0.2, 0) is 0 Å². The highest BCUT2D eigenvalue weighted by atomic mass is 79.9. The van der Waals surface area contributed by atoms with Crippen molar-refractivity contribution in [2.24, 2.45) is 0 Å². The molecule has 1 aromatic carbocycles. The molecule has 1 aromatic rings. The van der Waals surface area contributed by atoms with Crippen LogP contribution in [0.3, 0.4) is 0 Å². The van der Waals surface area contributed by atoms with Gasteiger partial charge in [0.2, 0.25) is 0 Å². The van der Waals surface area contributed by atoms with E-state index in [2.05, 4.69) is 21.2 Å². The van der Waals surface area contributed by atoms with Crippen molar-refractivity contribution in [3.05, 3.63) is 28.5 Å². The molecule has 0 spiro atoms. The van der Waals surface area contributed by atoms with Gasteiger partial charge in [-0.1, -0.05) is 0 Å². The zero-order chi connectivity index (χ0) is 9.97. The van der Waals surface area contributed by atoms with Gasteiger partial charge >= 0.3 is 0 Å². The van der Waals surface area contributed by atoms with E-state index in [4.69, 9.17) is 4.74 Å². The third-order valence-electron chi connectivity index (χ3n) is 2.20. The van der Waals surface area contributed by atoms with Gasteiger partial charge in [-0.3, -0.25) is 0 Å². The standard InChI is InChI=1S/C10H11BrFNO/c11-9-2-1-7(12)5-10(9)14-8-3-4-13-6-8/h1-2,5,8,13H,3-4,6H2/t8-/m0/s1. The van der Waals surface area contributed by atoms with E-state index in [-0.39, 0.29) is 11.9 Å². The van der Waals surface area contributed by atoms with Crippen LogP contribution in [-0.4, -0.2) is 19.2 Å². The van der Waals surface area contributed by atoms with Crippen LogP contribution < -0.4 is 10.1 Å². The topological polar surface area (TPSA) is 21.3 Å². The monoisotopic (exact) mass is 259 g/mol. The molecular weight excluding hydrogens is 249 g/mol. The van der Waals surface area contributed by atoms with E-state index in [1.165, 1.54) is 12.1 Å². The van der Waals surface area contributed by atoms with Crippen molar-refractivity contribution < 1.29 is 9.13 Å². The Labute approximate surface area is 90.6 Å². The maximum absolute atomic E-state index is 12.9. The molecular formula is C10H11BrFNO. The average Bonchev–Trinajstić information content (AvgIpc) is 2.64. The van der Waals surface area contributed by atoms with Crippen LogP contribution in [0, 0.1) is 5.82 Å². The van der Waals surface area contributed by atoms with Gasteiger partial charge in [-0.2, -0.15) is 0 Å². The Morgan fingerprint density at radius 3 is 3.07 bits per heavy atom. The third kappa shape index (κ3) is 2.25. The summed E-state index contributed by atoms with van der Waals surface area (Å²) in [6, 6.07) is 4.47. The molecule has 1 aliphatic rings. The number of rotatable bonds is 2. The van der Waals surface area contributed by atoms with Crippen molar-refractivity contribution in [2.45, 2.75) is 12.5 Å². The zero-order valence-corrected chi connectivity index (χ0v) is 9.18. The SMILES string of the molecule is Fc1ccc(Br)c(O[C@H]2CCNC2)c1. The summed E-state index contributed by atoms with van der Waals surface area (Å²) in [4.78, 5) is 0. The first-order valence-corrected chi connectivity index (χ1v) is 5.37. The lowest BCUT2D eigenvalue weighted by Gasteiger charge is -2.13. The first-order valence-electron chi connectivity index (χ1n) is 4.58. The molecule has 1 saturated heterocycles. The van der Waals surface area contributed by atoms with Crippen LogP contribution in [0.5, 0.6) is 5.75 Å². The van der Waals surface area contributed by atoms with Gasteiger partial charge in [0.25, 0.3) is 0 Å². The number of hydrogen-bond acceptors (Lipinski definition) is 2. The smallest absolute Gasteiger partial charge is 0.136 e. The molecule has 1 N–H and O–H groups in total. The van der Waals surface area contributed by atoms with Gasteiger partial charge in [-0.05, 0) is 41.0 Å². The third-order valence-corrected chi connectivity index (χ3v) is 2.86. The molecule has 2 rings (SSSR count). The maximum Gasteiger partial charge on any atom is 0.136 e. The number of halogens is 2. The molecule has 2 nitrogen and oxygen atoms in total. The Morgan fingerprint density at radius 1 is 1.50 bits per heavy atom. The Balaban J connectivity index is 2.10. The summed E-state index contributed by atoms with van der Waals surface area (Å²) in [6.45, 7) is 1.81. The second-order valence-corrected chi connectivity index (χ2v) is 4.16. The normalized spacial score (nSPS) is 21.1. The van der Waals surface area contributed by atoms with Crippen molar-refractivity contribution in [1.82, 2.24) is 5.32 Å². The van der Waals surface area contributed by atoms with Crippen molar-refractivity contribution in [2.75, 3.05) is 13.1 Å². The van der Waals surface area contributed by atoms with Crippen LogP contribution >= 0.6 is 15.9 Å². The fourth-order valence-corrected chi connectivity index (χ4v) is 1.82. The maximum atomic E-state index is 12.9. The highest BCUT2D eigenvalue weighted by Crippen LogP contribution is 2.27. The minimum Gasteiger partial charge on any atom is -0.488 e. The largest absolute Gasteiger partial charge is 0.488 e. The molecule has 1 heterocycles. The van der Waals surface area contributed by atoms with Gasteiger partial charge in [-0.15, -0.1) is 0 Å². The van der Waals surface area contributed by atoms with E-state index in [1.54, 1.807) is 6.07 Å². The number of ether oxygens (including phenoxy) is 1. The highest BCUT2D eigenvalue weighted by molar-refractivity contribution is 9.10. The van der Waals surface area contributed by atoms with Crippen molar-refractivity contribution in [3.8, 4) is 5.75 Å². The molecule has 0 saturated carbocycles. The number of hydrogen-bond donors (Lipinski definition) is 1. The lowest BCUT2D eigenvalue weighted by Crippen LogP contribution is -2.19. The summed E-state index contributed by atoms with van der Waals surface area (Å²) in [5.74, 6) is 0.313. The molecule has 1 fully saturated rings. The van der Waals surface area contributed by atoms with Crippen LogP contribution in [0.15, 0.2) is 22.7 Å². The molecule has 0 unspecified atom stereocenters. The molecule has 4 heteroatoms. The Morgan fingerprint density at radius 2 is 2.36 bits per heavy atom. The predicted octanol–water partition coefficient (Wildman–Crippen LogP) is 2.33. The summed E-state index contributed by atoms with van der Waals surface area (Å²) in [7, 11) is 0. The first-order chi connectivity index (χ1) is 6.75. The molecule has 0 aromatic heterocycles. The molecule has 76 valence electrons. The minimum atomic E-state index is -0.269. The molecule has 0 bridgehead atoms. The van der Waals surface area contributed by atoms with E-state index in [0.717, 1.165) is 24.0 Å². The number of nitrogens with one attached hydrogen (secondary N) is 1. The highest BCUT2D eigenvalue weighted by Gasteiger charge is 2.17. The summed E-state index contributed by atoms with van der Waals surface area (Å²) < 4.78 is 19.3. The van der Waals surface area contributed by atoms with Gasteiger partial charge in [-0.25, -0.2) is 4.39 Å². The second kappa shape index (κ2) is 4.28. The Bertz CT molecular complexity index is 326. The van der Waals surface area contributed by atoms with Crippen LogP contribution in [0.25, 0.3) is 0 Å². The van der Waals surface area contributed by atoms with E-state index in [1.807, 2.05) is 0 Å². The Hall–Kier alpha value is -0.610. The van der Waals surface area contributed by atoms with E-state index >= 15 is 0 Å². The van der Waals surface area contributed by atoms with Gasteiger partial charge < -0.3 is 10.1 Å². The van der Waals surface area contributed by atoms with E-state index < -0.39 is 0 Å². The van der Waals surface area contributed by atoms with Crippen molar-refractivity contribution in [3.63, 3.8) is 0 Å². The van der Waals surface area contributed by atoms with Gasteiger partial charge in [0.05, 0.1) is 4.47 Å². The van der Waals surface area contributed by atoms with Crippen molar-refractivity contribution in [1.29, 1.82) is 0 Å². The zero-order valence-electron chi connectivity index (χ0n) is 7.59. The predicted molar refractivity (Wildman–Crippen MR) is 56.0 cm³/mol. The first kappa shape index (κ1) is 9.93. The molecule has 0 radical (unpaired) electrons. The van der Waals surface area contributed by atoms with Crippen LogP contribution in [0.1, 0.15) is 6.42 Å². The minimum absolute atomic E-state index is 0.160. The summed E-state index contributed by atoms with van der Waals surface area (Å²) in [5.41, 5.74) is 0. The fraction of sp³-hybridized carbons (Fsp3) is 0.400. The molecule has 0 amide bonds. The summed E-state index contributed by atoms with van der Waals surface area (Å²) in [5, 5.41) is 3.19.